The number of piperazine rings is 1. The van der Waals surface area contributed by atoms with Crippen molar-refractivity contribution in [3.63, 3.8) is 0 Å². The first-order chi connectivity index (χ1) is 15.1. The summed E-state index contributed by atoms with van der Waals surface area (Å²) in [4.78, 5) is 26.8. The van der Waals surface area contributed by atoms with Gasteiger partial charge < -0.3 is 19.3 Å². The molecule has 1 aromatic carbocycles. The Morgan fingerprint density at radius 2 is 1.97 bits per heavy atom. The molecule has 0 atom stereocenters. The van der Waals surface area contributed by atoms with E-state index in [9.17, 15) is 4.79 Å². The van der Waals surface area contributed by atoms with Crippen LogP contribution in [0.3, 0.4) is 0 Å². The van der Waals surface area contributed by atoms with Crippen LogP contribution in [-0.4, -0.2) is 77.7 Å². The molecule has 0 N–H and O–H groups in total. The molecule has 3 aromatic heterocycles. The van der Waals surface area contributed by atoms with Crippen LogP contribution >= 0.6 is 11.3 Å². The molecule has 31 heavy (non-hydrogen) atoms. The average molecular weight is 440 g/mol. The third-order valence-electron chi connectivity index (χ3n) is 5.82. The number of hydrogen-bond acceptors (Lipinski definition) is 8. The van der Waals surface area contributed by atoms with E-state index >= 15 is 0 Å². The van der Waals surface area contributed by atoms with Crippen LogP contribution in [0.2, 0.25) is 0 Å². The normalized spacial score (nSPS) is 15.8. The largest absolute Gasteiger partial charge is 0.493 e. The molecule has 4 heterocycles. The Bertz CT molecular complexity index is 1290. The van der Waals surface area contributed by atoms with Gasteiger partial charge in [0.25, 0.3) is 5.56 Å². The molecule has 9 heteroatoms. The lowest BCUT2D eigenvalue weighted by Gasteiger charge is -2.32. The SMILES string of the molecule is COc1cc2c(cc1OCCCN1CCN(C)CC1)ncn1c(=O)c3sccc3nc21. The number of likely N-dealkylation sites (N-methyl/N-ethyl adjacent to an activating group) is 1. The van der Waals surface area contributed by atoms with E-state index in [-0.39, 0.29) is 5.56 Å². The van der Waals surface area contributed by atoms with E-state index in [2.05, 4.69) is 21.8 Å². The van der Waals surface area contributed by atoms with Crippen molar-refractivity contribution in [2.45, 2.75) is 6.42 Å². The fourth-order valence-corrected chi connectivity index (χ4v) is 4.76. The van der Waals surface area contributed by atoms with Crippen LogP contribution in [0.15, 0.2) is 34.7 Å². The molecule has 1 aliphatic rings. The summed E-state index contributed by atoms with van der Waals surface area (Å²) >= 11 is 1.39. The molecule has 0 amide bonds. The predicted octanol–water partition coefficient (Wildman–Crippen LogP) is 2.48. The zero-order valence-electron chi connectivity index (χ0n) is 17.7. The van der Waals surface area contributed by atoms with E-state index in [1.54, 1.807) is 7.11 Å². The summed E-state index contributed by atoms with van der Waals surface area (Å²) in [7, 11) is 3.78. The lowest BCUT2D eigenvalue weighted by Crippen LogP contribution is -2.44. The maximum absolute atomic E-state index is 12.8. The molecule has 5 rings (SSSR count). The van der Waals surface area contributed by atoms with Gasteiger partial charge in [-0.1, -0.05) is 0 Å². The van der Waals surface area contributed by atoms with Gasteiger partial charge in [-0.25, -0.2) is 14.4 Å². The van der Waals surface area contributed by atoms with Crippen molar-refractivity contribution in [2.24, 2.45) is 0 Å². The second kappa shape index (κ2) is 8.41. The molecule has 4 aromatic rings. The van der Waals surface area contributed by atoms with Crippen LogP contribution in [0.1, 0.15) is 6.42 Å². The van der Waals surface area contributed by atoms with E-state index in [0.29, 0.717) is 34.0 Å². The number of fused-ring (bicyclic) bond motifs is 4. The van der Waals surface area contributed by atoms with Crippen LogP contribution in [0.5, 0.6) is 11.5 Å². The molecule has 0 aliphatic carbocycles. The third-order valence-corrected chi connectivity index (χ3v) is 6.71. The molecule has 0 bridgehead atoms. The molecule has 0 spiro atoms. The Balaban J connectivity index is 1.39. The van der Waals surface area contributed by atoms with Crippen LogP contribution in [0.4, 0.5) is 0 Å². The summed E-state index contributed by atoms with van der Waals surface area (Å²) < 4.78 is 13.8. The van der Waals surface area contributed by atoms with Gasteiger partial charge in [0, 0.05) is 44.2 Å². The molecule has 0 saturated carbocycles. The maximum atomic E-state index is 12.8. The fraction of sp³-hybridized carbons (Fsp3) is 0.409. The third kappa shape index (κ3) is 3.84. The Kier molecular flexibility index (Phi) is 5.47. The smallest absolute Gasteiger partial charge is 0.277 e. The Hall–Kier alpha value is -2.75. The summed E-state index contributed by atoms with van der Waals surface area (Å²) in [6.07, 6.45) is 2.49. The van der Waals surface area contributed by atoms with E-state index in [4.69, 9.17) is 14.5 Å². The number of hydrogen-bond donors (Lipinski definition) is 0. The van der Waals surface area contributed by atoms with Crippen molar-refractivity contribution in [1.82, 2.24) is 24.2 Å². The van der Waals surface area contributed by atoms with Gasteiger partial charge in [-0.15, -0.1) is 11.3 Å². The highest BCUT2D eigenvalue weighted by Crippen LogP contribution is 2.33. The van der Waals surface area contributed by atoms with Gasteiger partial charge in [-0.2, -0.15) is 0 Å². The first-order valence-corrected chi connectivity index (χ1v) is 11.3. The number of thiophene rings is 1. The molecule has 1 aliphatic heterocycles. The summed E-state index contributed by atoms with van der Waals surface area (Å²) in [5.41, 5.74) is 1.88. The number of rotatable bonds is 6. The van der Waals surface area contributed by atoms with Crippen molar-refractivity contribution in [1.29, 1.82) is 0 Å². The second-order valence-electron chi connectivity index (χ2n) is 7.86. The van der Waals surface area contributed by atoms with E-state index in [0.717, 1.165) is 50.0 Å². The van der Waals surface area contributed by atoms with Crippen molar-refractivity contribution in [3.8, 4) is 11.5 Å². The first-order valence-electron chi connectivity index (χ1n) is 10.4. The fourth-order valence-electron chi connectivity index (χ4n) is 3.99. The summed E-state index contributed by atoms with van der Waals surface area (Å²) in [5.74, 6) is 1.27. The van der Waals surface area contributed by atoms with Gasteiger partial charge in [0.05, 0.1) is 24.8 Å². The molecule has 1 fully saturated rings. The lowest BCUT2D eigenvalue weighted by atomic mass is 10.2. The maximum Gasteiger partial charge on any atom is 0.277 e. The van der Waals surface area contributed by atoms with Crippen LogP contribution in [0, 0.1) is 0 Å². The van der Waals surface area contributed by atoms with Crippen LogP contribution in [0.25, 0.3) is 26.8 Å². The average Bonchev–Trinajstić information content (AvgIpc) is 3.26. The summed E-state index contributed by atoms with van der Waals surface area (Å²) in [6, 6.07) is 5.59. The minimum absolute atomic E-state index is 0.104. The number of aromatic nitrogens is 3. The van der Waals surface area contributed by atoms with Crippen LogP contribution < -0.4 is 15.0 Å². The first kappa shape index (κ1) is 20.2. The number of ether oxygens (including phenoxy) is 2. The molecule has 0 radical (unpaired) electrons. The quantitative estimate of drug-likeness (QED) is 0.338. The molecular weight excluding hydrogens is 414 g/mol. The minimum atomic E-state index is -0.104. The second-order valence-corrected chi connectivity index (χ2v) is 8.77. The van der Waals surface area contributed by atoms with Crippen molar-refractivity contribution in [2.75, 3.05) is 53.5 Å². The Morgan fingerprint density at radius 3 is 2.77 bits per heavy atom. The zero-order chi connectivity index (χ0) is 21.4. The number of benzene rings is 1. The standard InChI is InChI=1S/C22H25N5O3S/c1-25-6-8-26(9-7-25)5-3-10-30-19-13-17-15(12-18(19)29-2)21-24-16-4-11-31-20(16)22(28)27(21)14-23-17/h4,11-14H,3,5-10H2,1-2H3. The van der Waals surface area contributed by atoms with Gasteiger partial charge >= 0.3 is 0 Å². The van der Waals surface area contributed by atoms with E-state index in [1.807, 2.05) is 23.6 Å². The van der Waals surface area contributed by atoms with Gasteiger partial charge in [-0.05, 0) is 31.0 Å². The molecular formula is C22H25N5O3S. The molecule has 8 nitrogen and oxygen atoms in total. The van der Waals surface area contributed by atoms with Crippen molar-refractivity contribution >= 4 is 38.1 Å². The van der Waals surface area contributed by atoms with Gasteiger partial charge in [0.1, 0.15) is 11.0 Å². The van der Waals surface area contributed by atoms with E-state index in [1.165, 1.54) is 22.1 Å². The van der Waals surface area contributed by atoms with Crippen molar-refractivity contribution < 1.29 is 9.47 Å². The van der Waals surface area contributed by atoms with Gasteiger partial charge in [0.2, 0.25) is 0 Å². The van der Waals surface area contributed by atoms with Gasteiger partial charge in [0.15, 0.2) is 17.1 Å². The highest BCUT2D eigenvalue weighted by Gasteiger charge is 2.15. The number of methoxy groups -OCH3 is 1. The molecule has 162 valence electrons. The molecule has 1 saturated heterocycles. The van der Waals surface area contributed by atoms with E-state index < -0.39 is 0 Å². The minimum Gasteiger partial charge on any atom is -0.493 e. The Morgan fingerprint density at radius 1 is 1.13 bits per heavy atom. The van der Waals surface area contributed by atoms with Crippen LogP contribution in [-0.2, 0) is 0 Å². The lowest BCUT2D eigenvalue weighted by molar-refractivity contribution is 0.145. The Labute approximate surface area is 183 Å². The number of nitrogens with zero attached hydrogens (tertiary/aromatic N) is 5. The topological polar surface area (TPSA) is 72.2 Å². The monoisotopic (exact) mass is 439 g/mol. The molecule has 0 unspecified atom stereocenters. The van der Waals surface area contributed by atoms with Crippen molar-refractivity contribution in [3.05, 3.63) is 40.3 Å². The predicted molar refractivity (Wildman–Crippen MR) is 123 cm³/mol. The zero-order valence-corrected chi connectivity index (χ0v) is 18.5. The summed E-state index contributed by atoms with van der Waals surface area (Å²) in [6.45, 7) is 6.08. The van der Waals surface area contributed by atoms with Gasteiger partial charge in [-0.3, -0.25) is 4.79 Å². The highest BCUT2D eigenvalue weighted by molar-refractivity contribution is 7.17. The highest BCUT2D eigenvalue weighted by atomic mass is 32.1. The summed E-state index contributed by atoms with van der Waals surface area (Å²) in [5, 5.41) is 2.64.